The van der Waals surface area contributed by atoms with E-state index in [9.17, 15) is 17.2 Å². The predicted molar refractivity (Wildman–Crippen MR) is 89.8 cm³/mol. The second-order valence-corrected chi connectivity index (χ2v) is 7.90. The molecule has 1 aliphatic heterocycles. The fourth-order valence-electron chi connectivity index (χ4n) is 3.01. The number of hydrogen-bond donors (Lipinski definition) is 0. The Kier molecular flexibility index (Phi) is 4.44. The van der Waals surface area contributed by atoms with Crippen molar-refractivity contribution in [3.05, 3.63) is 60.1 Å². The SMILES string of the molecule is O=S(=O)(c1ccc(F)c(F)c1)N1CCC[C@@H]1c1nnc(-c2ccccn2)o1. The summed E-state index contributed by atoms with van der Waals surface area (Å²) < 4.78 is 59.2. The van der Waals surface area contributed by atoms with Crippen LogP contribution in [-0.4, -0.2) is 34.4 Å². The Labute approximate surface area is 153 Å². The van der Waals surface area contributed by atoms with Gasteiger partial charge < -0.3 is 4.42 Å². The Balaban J connectivity index is 1.66. The normalized spacial score (nSPS) is 18.1. The summed E-state index contributed by atoms with van der Waals surface area (Å²) in [5.74, 6) is -2.01. The highest BCUT2D eigenvalue weighted by atomic mass is 32.2. The smallest absolute Gasteiger partial charge is 0.266 e. The highest BCUT2D eigenvalue weighted by molar-refractivity contribution is 7.89. The van der Waals surface area contributed by atoms with Crippen molar-refractivity contribution in [2.75, 3.05) is 6.54 Å². The first-order chi connectivity index (χ1) is 13.0. The largest absolute Gasteiger partial charge is 0.417 e. The third kappa shape index (κ3) is 3.21. The molecule has 10 heteroatoms. The molecule has 27 heavy (non-hydrogen) atoms. The van der Waals surface area contributed by atoms with E-state index in [-0.39, 0.29) is 23.2 Å². The average Bonchev–Trinajstić information content (AvgIpc) is 3.34. The summed E-state index contributed by atoms with van der Waals surface area (Å²) in [5.41, 5.74) is 0.476. The summed E-state index contributed by atoms with van der Waals surface area (Å²) in [6, 6.07) is 7.04. The van der Waals surface area contributed by atoms with Crippen LogP contribution in [0.2, 0.25) is 0 Å². The van der Waals surface area contributed by atoms with Crippen molar-refractivity contribution in [2.24, 2.45) is 0 Å². The van der Waals surface area contributed by atoms with Gasteiger partial charge in [0, 0.05) is 12.7 Å². The molecule has 0 amide bonds. The van der Waals surface area contributed by atoms with Gasteiger partial charge in [-0.3, -0.25) is 4.98 Å². The molecular weight excluding hydrogens is 378 g/mol. The van der Waals surface area contributed by atoms with Crippen LogP contribution in [0.15, 0.2) is 51.9 Å². The summed E-state index contributed by atoms with van der Waals surface area (Å²) in [4.78, 5) is 3.80. The van der Waals surface area contributed by atoms with Crippen LogP contribution in [0.3, 0.4) is 0 Å². The van der Waals surface area contributed by atoms with Crippen LogP contribution in [0.5, 0.6) is 0 Å². The zero-order chi connectivity index (χ0) is 19.0. The van der Waals surface area contributed by atoms with Crippen LogP contribution in [0.4, 0.5) is 8.78 Å². The Bertz CT molecular complexity index is 1070. The Morgan fingerprint density at radius 2 is 1.96 bits per heavy atom. The van der Waals surface area contributed by atoms with Gasteiger partial charge in [-0.25, -0.2) is 17.2 Å². The minimum atomic E-state index is -4.05. The van der Waals surface area contributed by atoms with Crippen LogP contribution in [0.25, 0.3) is 11.6 Å². The van der Waals surface area contributed by atoms with E-state index in [1.807, 2.05) is 0 Å². The second kappa shape index (κ2) is 6.78. The zero-order valence-electron chi connectivity index (χ0n) is 13.9. The molecule has 0 N–H and O–H groups in total. The molecule has 7 nitrogen and oxygen atoms in total. The zero-order valence-corrected chi connectivity index (χ0v) is 14.7. The maximum Gasteiger partial charge on any atom is 0.266 e. The van der Waals surface area contributed by atoms with E-state index < -0.39 is 27.7 Å². The van der Waals surface area contributed by atoms with Crippen molar-refractivity contribution in [1.82, 2.24) is 19.5 Å². The maximum absolute atomic E-state index is 13.5. The van der Waals surface area contributed by atoms with Gasteiger partial charge in [0.2, 0.25) is 15.9 Å². The topological polar surface area (TPSA) is 89.2 Å². The van der Waals surface area contributed by atoms with Gasteiger partial charge in [0.25, 0.3) is 5.89 Å². The van der Waals surface area contributed by atoms with E-state index >= 15 is 0 Å². The highest BCUT2D eigenvalue weighted by Gasteiger charge is 2.39. The van der Waals surface area contributed by atoms with Crippen LogP contribution in [0, 0.1) is 11.6 Å². The number of halogens is 2. The number of rotatable bonds is 4. The maximum atomic E-state index is 13.5. The van der Waals surface area contributed by atoms with Gasteiger partial charge in [0.1, 0.15) is 11.7 Å². The van der Waals surface area contributed by atoms with Crippen LogP contribution in [0.1, 0.15) is 24.8 Å². The van der Waals surface area contributed by atoms with Gasteiger partial charge in [0.05, 0.1) is 4.90 Å². The number of hydrogen-bond acceptors (Lipinski definition) is 6. The Morgan fingerprint density at radius 3 is 2.70 bits per heavy atom. The molecule has 1 atom stereocenters. The summed E-state index contributed by atoms with van der Waals surface area (Å²) in [6.07, 6.45) is 2.64. The molecule has 0 saturated carbocycles. The van der Waals surface area contributed by atoms with Gasteiger partial charge in [0.15, 0.2) is 11.6 Å². The van der Waals surface area contributed by atoms with E-state index in [2.05, 4.69) is 15.2 Å². The van der Waals surface area contributed by atoms with Crippen molar-refractivity contribution in [1.29, 1.82) is 0 Å². The summed E-state index contributed by atoms with van der Waals surface area (Å²) >= 11 is 0. The third-order valence-electron chi connectivity index (χ3n) is 4.31. The summed E-state index contributed by atoms with van der Waals surface area (Å²) in [7, 11) is -4.05. The molecule has 0 radical (unpaired) electrons. The minimum absolute atomic E-state index is 0.138. The lowest BCUT2D eigenvalue weighted by Gasteiger charge is -2.21. The molecule has 3 aromatic rings. The minimum Gasteiger partial charge on any atom is -0.417 e. The number of pyridine rings is 1. The van der Waals surface area contributed by atoms with E-state index in [0.717, 1.165) is 12.1 Å². The third-order valence-corrected chi connectivity index (χ3v) is 6.22. The van der Waals surface area contributed by atoms with Crippen molar-refractivity contribution in [3.8, 4) is 11.6 Å². The number of nitrogens with zero attached hydrogens (tertiary/aromatic N) is 4. The van der Waals surface area contributed by atoms with Crippen molar-refractivity contribution in [2.45, 2.75) is 23.8 Å². The molecule has 0 aliphatic carbocycles. The summed E-state index contributed by atoms with van der Waals surface area (Å²) in [6.45, 7) is 0.216. The first-order valence-corrected chi connectivity index (χ1v) is 9.62. The molecule has 3 heterocycles. The lowest BCUT2D eigenvalue weighted by molar-refractivity contribution is 0.332. The molecule has 0 unspecified atom stereocenters. The highest BCUT2D eigenvalue weighted by Crippen LogP contribution is 2.36. The number of benzene rings is 1. The first-order valence-electron chi connectivity index (χ1n) is 8.18. The van der Waals surface area contributed by atoms with Crippen LogP contribution in [-0.2, 0) is 10.0 Å². The number of sulfonamides is 1. The van der Waals surface area contributed by atoms with E-state index in [1.165, 1.54) is 4.31 Å². The van der Waals surface area contributed by atoms with E-state index in [0.29, 0.717) is 24.6 Å². The second-order valence-electron chi connectivity index (χ2n) is 6.01. The molecular formula is C17H14F2N4O3S. The molecule has 1 fully saturated rings. The molecule has 1 saturated heterocycles. The predicted octanol–water partition coefficient (Wildman–Crippen LogP) is 2.94. The Morgan fingerprint density at radius 1 is 1.11 bits per heavy atom. The van der Waals surface area contributed by atoms with Gasteiger partial charge in [-0.05, 0) is 43.2 Å². The van der Waals surface area contributed by atoms with Gasteiger partial charge in [-0.15, -0.1) is 10.2 Å². The first kappa shape index (κ1) is 17.7. The average molecular weight is 392 g/mol. The lowest BCUT2D eigenvalue weighted by Crippen LogP contribution is -2.31. The monoisotopic (exact) mass is 392 g/mol. The molecule has 2 aromatic heterocycles. The summed E-state index contributed by atoms with van der Waals surface area (Å²) in [5, 5.41) is 7.90. The van der Waals surface area contributed by atoms with E-state index in [4.69, 9.17) is 4.42 Å². The molecule has 0 bridgehead atoms. The molecule has 1 aromatic carbocycles. The van der Waals surface area contributed by atoms with E-state index in [1.54, 1.807) is 24.4 Å². The lowest BCUT2D eigenvalue weighted by atomic mass is 10.2. The molecule has 140 valence electrons. The number of aromatic nitrogens is 3. The fourth-order valence-corrected chi connectivity index (χ4v) is 4.67. The fraction of sp³-hybridized carbons (Fsp3) is 0.235. The quantitative estimate of drug-likeness (QED) is 0.678. The van der Waals surface area contributed by atoms with Crippen molar-refractivity contribution >= 4 is 10.0 Å². The van der Waals surface area contributed by atoms with Crippen LogP contribution >= 0.6 is 0 Å². The molecule has 4 rings (SSSR count). The molecule has 0 spiro atoms. The Hall–Kier alpha value is -2.72. The van der Waals surface area contributed by atoms with Gasteiger partial charge in [-0.2, -0.15) is 4.31 Å². The van der Waals surface area contributed by atoms with Gasteiger partial charge in [-0.1, -0.05) is 6.07 Å². The van der Waals surface area contributed by atoms with Crippen LogP contribution < -0.4 is 0 Å². The van der Waals surface area contributed by atoms with Crippen molar-refractivity contribution < 1.29 is 21.6 Å². The standard InChI is InChI=1S/C17H14F2N4O3S/c18-12-7-6-11(10-13(12)19)27(24,25)23-9-3-5-15(23)17-22-21-16(26-17)14-4-1-2-8-20-14/h1-2,4,6-8,10,15H,3,5,9H2/t15-/m1/s1. The van der Waals surface area contributed by atoms with Gasteiger partial charge >= 0.3 is 0 Å². The van der Waals surface area contributed by atoms with Crippen molar-refractivity contribution in [3.63, 3.8) is 0 Å². The molecule has 1 aliphatic rings.